The van der Waals surface area contributed by atoms with Crippen LogP contribution in [0.1, 0.15) is 60.8 Å². The van der Waals surface area contributed by atoms with Gasteiger partial charge in [-0.05, 0) is 37.5 Å². The zero-order valence-corrected chi connectivity index (χ0v) is 11.2. The average molecular weight is 210 g/mol. The molecular weight excluding hydrogens is 184 g/mol. The van der Waals surface area contributed by atoms with Gasteiger partial charge in [-0.1, -0.05) is 33.3 Å². The monoisotopic (exact) mass is 210 g/mol. The van der Waals surface area contributed by atoms with E-state index in [4.69, 9.17) is 0 Å². The summed E-state index contributed by atoms with van der Waals surface area (Å²) < 4.78 is 0. The van der Waals surface area contributed by atoms with E-state index in [9.17, 15) is 4.79 Å². The van der Waals surface area contributed by atoms with E-state index in [0.29, 0.717) is 6.42 Å². The Balaban J connectivity index is 4.42. The van der Waals surface area contributed by atoms with Crippen molar-refractivity contribution in [2.24, 2.45) is 10.8 Å². The number of Topliss-reactive ketones (excluding diaryl/α,β-unsaturated/α-hetero) is 1. The first-order valence-electron chi connectivity index (χ1n) is 5.68. The van der Waals surface area contributed by atoms with E-state index >= 15 is 0 Å². The number of carbonyl (C=O) groups excluding carboxylic acids is 1. The molecule has 0 fully saturated rings. The van der Waals surface area contributed by atoms with Gasteiger partial charge in [-0.2, -0.15) is 0 Å². The number of rotatable bonds is 6. The van der Waals surface area contributed by atoms with Gasteiger partial charge in [0.2, 0.25) is 0 Å². The number of ketones is 1. The minimum absolute atomic E-state index is 0.102. The van der Waals surface area contributed by atoms with Crippen LogP contribution in [0.25, 0.3) is 0 Å². The van der Waals surface area contributed by atoms with Crippen molar-refractivity contribution in [2.45, 2.75) is 60.8 Å². The fourth-order valence-electron chi connectivity index (χ4n) is 2.91. The summed E-state index contributed by atoms with van der Waals surface area (Å²) in [5.74, 6) is 0.283. The van der Waals surface area contributed by atoms with E-state index in [1.54, 1.807) is 6.92 Å². The first kappa shape index (κ1) is 14.4. The Morgan fingerprint density at radius 1 is 1.00 bits per heavy atom. The molecule has 0 aromatic carbocycles. The lowest BCUT2D eigenvalue weighted by Gasteiger charge is -2.34. The molecule has 0 N–H and O–H groups in total. The molecule has 15 heavy (non-hydrogen) atoms. The van der Waals surface area contributed by atoms with E-state index in [0.717, 1.165) is 12.8 Å². The first-order valence-corrected chi connectivity index (χ1v) is 5.68. The Labute approximate surface area is 95.0 Å². The molecule has 0 aromatic heterocycles. The molecule has 0 aliphatic carbocycles. The van der Waals surface area contributed by atoms with Crippen LogP contribution < -0.4 is 0 Å². The molecule has 0 unspecified atom stereocenters. The molecule has 0 aromatic rings. The molecule has 0 heterocycles. The molecule has 88 valence electrons. The summed E-state index contributed by atoms with van der Waals surface area (Å²) in [4.78, 5) is 11.1. The van der Waals surface area contributed by atoms with Crippen LogP contribution in [0.15, 0.2) is 12.2 Å². The van der Waals surface area contributed by atoms with Crippen LogP contribution >= 0.6 is 0 Å². The van der Waals surface area contributed by atoms with Gasteiger partial charge < -0.3 is 4.79 Å². The highest BCUT2D eigenvalue weighted by molar-refractivity contribution is 5.76. The number of allylic oxidation sites excluding steroid dienone is 1. The van der Waals surface area contributed by atoms with Crippen molar-refractivity contribution in [1.82, 2.24) is 0 Å². The highest BCUT2D eigenvalue weighted by Crippen LogP contribution is 2.39. The second kappa shape index (κ2) is 4.96. The Morgan fingerprint density at radius 3 is 1.73 bits per heavy atom. The van der Waals surface area contributed by atoms with Crippen molar-refractivity contribution >= 4 is 5.78 Å². The largest absolute Gasteiger partial charge is 0.300 e. The van der Waals surface area contributed by atoms with Crippen molar-refractivity contribution in [3.8, 4) is 0 Å². The molecule has 1 nitrogen and oxygen atoms in total. The van der Waals surface area contributed by atoms with Crippen LogP contribution in [0.4, 0.5) is 0 Å². The van der Waals surface area contributed by atoms with Gasteiger partial charge in [0.15, 0.2) is 0 Å². The van der Waals surface area contributed by atoms with Gasteiger partial charge in [0, 0.05) is 6.42 Å². The number of hydrogen-bond acceptors (Lipinski definition) is 1. The number of hydrogen-bond donors (Lipinski definition) is 0. The van der Waals surface area contributed by atoms with E-state index in [-0.39, 0.29) is 16.6 Å². The molecule has 0 spiro atoms. The maximum absolute atomic E-state index is 11.1. The topological polar surface area (TPSA) is 17.1 Å². The summed E-state index contributed by atoms with van der Waals surface area (Å²) in [5, 5.41) is 0. The van der Waals surface area contributed by atoms with Gasteiger partial charge in [0.05, 0.1) is 0 Å². The highest BCUT2D eigenvalue weighted by Gasteiger charge is 2.29. The van der Waals surface area contributed by atoms with E-state index < -0.39 is 0 Å². The van der Waals surface area contributed by atoms with Crippen molar-refractivity contribution in [3.05, 3.63) is 12.2 Å². The lowest BCUT2D eigenvalue weighted by atomic mass is 9.70. The molecule has 0 aliphatic heterocycles. The summed E-state index contributed by atoms with van der Waals surface area (Å²) in [6.45, 7) is 16.6. The molecule has 0 amide bonds. The Kier molecular flexibility index (Phi) is 4.76. The Morgan fingerprint density at radius 2 is 1.40 bits per heavy atom. The minimum atomic E-state index is 0.102. The average Bonchev–Trinajstić information content (AvgIpc) is 1.73. The second-order valence-corrected chi connectivity index (χ2v) is 6.52. The van der Waals surface area contributed by atoms with Crippen LogP contribution in [-0.4, -0.2) is 5.78 Å². The third kappa shape index (κ3) is 7.35. The van der Waals surface area contributed by atoms with Gasteiger partial charge >= 0.3 is 0 Å². The standard InChI is InChI=1S/C14H26O/c1-11(2)8-13(4,5)10-14(6,7)9-12(3)15/h1,8-10H2,2-7H3. The van der Waals surface area contributed by atoms with E-state index in [2.05, 4.69) is 41.2 Å². The van der Waals surface area contributed by atoms with E-state index in [1.807, 2.05) is 0 Å². The normalized spacial score (nSPS) is 12.7. The fraction of sp³-hybridized carbons (Fsp3) is 0.786. The molecule has 0 radical (unpaired) electrons. The van der Waals surface area contributed by atoms with Gasteiger partial charge in [-0.3, -0.25) is 0 Å². The quantitative estimate of drug-likeness (QED) is 0.595. The lowest BCUT2D eigenvalue weighted by Crippen LogP contribution is -2.25. The zero-order chi connectivity index (χ0) is 12.3. The highest BCUT2D eigenvalue weighted by atomic mass is 16.1. The van der Waals surface area contributed by atoms with E-state index in [1.165, 1.54) is 5.57 Å². The summed E-state index contributed by atoms with van der Waals surface area (Å²) >= 11 is 0. The summed E-state index contributed by atoms with van der Waals surface area (Å²) in [6, 6.07) is 0. The maximum Gasteiger partial charge on any atom is 0.130 e. The SMILES string of the molecule is C=C(C)CC(C)(C)CC(C)(C)CC(C)=O. The zero-order valence-electron chi connectivity index (χ0n) is 11.2. The summed E-state index contributed by atoms with van der Waals surface area (Å²) in [6.07, 6.45) is 2.77. The van der Waals surface area contributed by atoms with Gasteiger partial charge in [0.25, 0.3) is 0 Å². The predicted octanol–water partition coefficient (Wildman–Crippen LogP) is 4.37. The predicted molar refractivity (Wildman–Crippen MR) is 66.9 cm³/mol. The van der Waals surface area contributed by atoms with Crippen LogP contribution in [0.3, 0.4) is 0 Å². The molecule has 0 saturated heterocycles. The lowest BCUT2D eigenvalue weighted by molar-refractivity contribution is -0.119. The minimum Gasteiger partial charge on any atom is -0.300 e. The Bertz CT molecular complexity index is 220. The van der Waals surface area contributed by atoms with Crippen molar-refractivity contribution < 1.29 is 4.79 Å². The summed E-state index contributed by atoms with van der Waals surface area (Å²) in [5.41, 5.74) is 1.56. The Hall–Kier alpha value is -0.590. The van der Waals surface area contributed by atoms with Crippen LogP contribution in [0.5, 0.6) is 0 Å². The van der Waals surface area contributed by atoms with Crippen molar-refractivity contribution in [2.75, 3.05) is 0 Å². The van der Waals surface area contributed by atoms with Gasteiger partial charge in [-0.25, -0.2) is 0 Å². The van der Waals surface area contributed by atoms with Gasteiger partial charge in [0.1, 0.15) is 5.78 Å². The number of carbonyl (C=O) groups is 1. The third-order valence-electron chi connectivity index (χ3n) is 2.46. The molecule has 0 bridgehead atoms. The first-order chi connectivity index (χ1) is 6.54. The molecule has 0 atom stereocenters. The van der Waals surface area contributed by atoms with Crippen molar-refractivity contribution in [1.29, 1.82) is 0 Å². The third-order valence-corrected chi connectivity index (χ3v) is 2.46. The second-order valence-electron chi connectivity index (χ2n) is 6.52. The van der Waals surface area contributed by atoms with Crippen LogP contribution in [0, 0.1) is 10.8 Å². The van der Waals surface area contributed by atoms with Gasteiger partial charge in [-0.15, -0.1) is 6.58 Å². The molecule has 0 rings (SSSR count). The molecule has 1 heteroatoms. The maximum atomic E-state index is 11.1. The molecule has 0 aliphatic rings. The van der Waals surface area contributed by atoms with Crippen LogP contribution in [-0.2, 0) is 4.79 Å². The fourth-order valence-corrected chi connectivity index (χ4v) is 2.91. The smallest absolute Gasteiger partial charge is 0.130 e. The molecule has 0 saturated carbocycles. The molecular formula is C14H26O. The van der Waals surface area contributed by atoms with Crippen LogP contribution in [0.2, 0.25) is 0 Å². The van der Waals surface area contributed by atoms with Crippen molar-refractivity contribution in [3.63, 3.8) is 0 Å². The summed E-state index contributed by atoms with van der Waals surface area (Å²) in [7, 11) is 0.